The van der Waals surface area contributed by atoms with Gasteiger partial charge in [0.2, 0.25) is 0 Å². The third kappa shape index (κ3) is 27.8. The standard InChI is InChI=1S/Al.Ga.In.2O.5H. The summed E-state index contributed by atoms with van der Waals surface area (Å²) in [6.45, 7) is 0. The molecule has 0 aliphatic heterocycles. The van der Waals surface area contributed by atoms with E-state index in [1.54, 1.807) is 0 Å². The van der Waals surface area contributed by atoms with E-state index in [0.29, 0.717) is 16.2 Å². The molecule has 2 nitrogen and oxygen atoms in total. The van der Waals surface area contributed by atoms with E-state index >= 15 is 0 Å². The summed E-state index contributed by atoms with van der Waals surface area (Å²) in [7, 11) is 0. The summed E-state index contributed by atoms with van der Waals surface area (Å²) in [6, 6.07) is 0. The molecule has 0 rings (SSSR count). The molecule has 0 aromatic rings. The molecule has 0 heterocycles. The van der Waals surface area contributed by atoms with Gasteiger partial charge in [0, 0.05) is 0 Å². The molecule has 0 unspecified atom stereocenters. The van der Waals surface area contributed by atoms with Crippen LogP contribution in [0.3, 0.4) is 0 Å². The van der Waals surface area contributed by atoms with Crippen molar-refractivity contribution in [3.05, 3.63) is 0 Å². The Morgan fingerprint density at radius 1 is 1.20 bits per heavy atom. The summed E-state index contributed by atoms with van der Waals surface area (Å²) < 4.78 is 16.7. The summed E-state index contributed by atoms with van der Waals surface area (Å²) in [6.07, 6.45) is 0. The van der Waals surface area contributed by atoms with Crippen LogP contribution in [0.5, 0.6) is 0 Å². The van der Waals surface area contributed by atoms with Gasteiger partial charge in [-0.15, -0.1) is 0 Å². The number of hydrogen-bond donors (Lipinski definition) is 0. The Bertz CT molecular complexity index is 11.6. The third-order valence-corrected chi connectivity index (χ3v) is 0. The second-order valence-corrected chi connectivity index (χ2v) is 0. The summed E-state index contributed by atoms with van der Waals surface area (Å²) in [5, 5.41) is 0. The Kier molecular flexibility index (Phi) is 144. The average Bonchev–Trinajstić information content (AvgIpc) is 1.50. The van der Waals surface area contributed by atoms with Crippen LogP contribution in [0.4, 0.5) is 0 Å². The zero-order valence-electron chi connectivity index (χ0n) is 2.23. The van der Waals surface area contributed by atoms with E-state index in [9.17, 15) is 0 Å². The van der Waals surface area contributed by atoms with Gasteiger partial charge in [0.05, 0.1) is 0 Å². The fourth-order valence-corrected chi connectivity index (χ4v) is 0. The first-order valence-corrected chi connectivity index (χ1v) is 2.37. The van der Waals surface area contributed by atoms with Gasteiger partial charge in [0.25, 0.3) is 0 Å². The van der Waals surface area contributed by atoms with Crippen LogP contribution in [-0.4, -0.2) is 60.6 Å². The molecule has 5 heavy (non-hydrogen) atoms. The van der Waals surface area contributed by atoms with Crippen LogP contribution in [-0.2, 0) is 7.34 Å². The van der Waals surface area contributed by atoms with E-state index in [0.717, 1.165) is 0 Å². The molecule has 0 aromatic carbocycles. The molecular formula is H5AlGaInO2. The zero-order valence-corrected chi connectivity index (χ0v) is 6.61. The van der Waals surface area contributed by atoms with Crippen molar-refractivity contribution in [3.63, 3.8) is 0 Å². The van der Waals surface area contributed by atoms with Gasteiger partial charge in [0.1, 0.15) is 0 Å². The topological polar surface area (TPSA) is 34.1 Å². The van der Waals surface area contributed by atoms with E-state index in [-0.39, 0.29) is 44.4 Å². The molecule has 0 saturated heterocycles. The molecule has 0 spiro atoms. The van der Waals surface area contributed by atoms with Crippen molar-refractivity contribution >= 4 is 60.6 Å². The van der Waals surface area contributed by atoms with Crippen molar-refractivity contribution in [2.75, 3.05) is 0 Å². The van der Waals surface area contributed by atoms with E-state index in [2.05, 4.69) is 0 Å². The van der Waals surface area contributed by atoms with Crippen molar-refractivity contribution in [1.82, 2.24) is 0 Å². The quantitative estimate of drug-likeness (QED) is 0.437. The minimum absolute atomic E-state index is 0. The van der Waals surface area contributed by atoms with E-state index < -0.39 is 0 Å². The molecule has 0 aliphatic rings. The van der Waals surface area contributed by atoms with Crippen LogP contribution in [0.2, 0.25) is 0 Å². The predicted octanol–water partition coefficient (Wildman–Crippen LogP) is -2.72. The first-order valence-electron chi connectivity index (χ1n) is 0.577. The van der Waals surface area contributed by atoms with Crippen LogP contribution < -0.4 is 0 Å². The fraction of sp³-hybridized carbons (Fsp3) is 0. The normalized spacial score (nSPS) is 1.20. The van der Waals surface area contributed by atoms with Crippen molar-refractivity contribution in [3.8, 4) is 0 Å². The SMILES string of the molecule is [InH3].[O]=[AlH].[O]=[GaH]. The van der Waals surface area contributed by atoms with Gasteiger partial charge in [-0.25, -0.2) is 0 Å². The molecule has 26 valence electrons. The van der Waals surface area contributed by atoms with Crippen LogP contribution in [0.25, 0.3) is 0 Å². The maximum absolute atomic E-state index is 8.38. The van der Waals surface area contributed by atoms with Crippen molar-refractivity contribution < 1.29 is 7.34 Å². The molecule has 0 fully saturated rings. The average molecular weight is 249 g/mol. The fourth-order valence-electron chi connectivity index (χ4n) is 0. The van der Waals surface area contributed by atoms with E-state index in [1.807, 2.05) is 0 Å². The van der Waals surface area contributed by atoms with Gasteiger partial charge in [0.15, 0.2) is 0 Å². The van der Waals surface area contributed by atoms with Gasteiger partial charge in [-0.05, 0) is 0 Å². The Balaban J connectivity index is -0.0000000133. The molecule has 0 saturated carbocycles. The molecule has 5 heteroatoms. The maximum atomic E-state index is 8.38. The summed E-state index contributed by atoms with van der Waals surface area (Å²) in [5.41, 5.74) is 0. The summed E-state index contributed by atoms with van der Waals surface area (Å²) >= 11 is 0.736. The Morgan fingerprint density at radius 3 is 1.20 bits per heavy atom. The molecular weight excluding hydrogens is 244 g/mol. The molecule has 0 aromatic heterocycles. The third-order valence-electron chi connectivity index (χ3n) is 0. The molecule has 0 amide bonds. The Hall–Kier alpha value is 1.64. The molecule has 0 radical (unpaired) electrons. The van der Waals surface area contributed by atoms with Gasteiger partial charge in [-0.3, -0.25) is 0 Å². The van der Waals surface area contributed by atoms with Crippen molar-refractivity contribution in [2.45, 2.75) is 0 Å². The van der Waals surface area contributed by atoms with Gasteiger partial charge in [-0.2, -0.15) is 0 Å². The van der Waals surface area contributed by atoms with E-state index in [1.165, 1.54) is 0 Å². The van der Waals surface area contributed by atoms with E-state index in [4.69, 9.17) is 7.34 Å². The van der Waals surface area contributed by atoms with Crippen molar-refractivity contribution in [1.29, 1.82) is 0 Å². The molecule has 0 bridgehead atoms. The van der Waals surface area contributed by atoms with Gasteiger partial charge >= 0.3 is 68.0 Å². The molecule has 0 atom stereocenters. The van der Waals surface area contributed by atoms with Crippen LogP contribution in [0.1, 0.15) is 0 Å². The number of hydrogen-bond acceptors (Lipinski definition) is 2. The molecule has 0 N–H and O–H groups in total. The Labute approximate surface area is 67.3 Å². The Morgan fingerprint density at radius 2 is 1.20 bits per heavy atom. The second-order valence-electron chi connectivity index (χ2n) is 0. The predicted molar refractivity (Wildman–Crippen MR) is 25.6 cm³/mol. The first kappa shape index (κ1) is 15.9. The summed E-state index contributed by atoms with van der Waals surface area (Å²) in [5.74, 6) is 0. The van der Waals surface area contributed by atoms with Crippen molar-refractivity contribution in [2.24, 2.45) is 0 Å². The second kappa shape index (κ2) is 45.2. The van der Waals surface area contributed by atoms with Crippen LogP contribution in [0, 0.1) is 0 Å². The van der Waals surface area contributed by atoms with Gasteiger partial charge in [-0.1, -0.05) is 0 Å². The monoisotopic (exact) mass is 248 g/mol. The van der Waals surface area contributed by atoms with Crippen LogP contribution >= 0.6 is 0 Å². The van der Waals surface area contributed by atoms with Gasteiger partial charge < -0.3 is 0 Å². The zero-order chi connectivity index (χ0) is 4.00. The minimum atomic E-state index is 0. The first-order chi connectivity index (χ1) is 2.00. The number of rotatable bonds is 0. The van der Waals surface area contributed by atoms with Crippen LogP contribution in [0.15, 0.2) is 0 Å². The summed E-state index contributed by atoms with van der Waals surface area (Å²) in [4.78, 5) is 0. The molecule has 0 aliphatic carbocycles.